The van der Waals surface area contributed by atoms with Gasteiger partial charge in [-0.05, 0) is 67.9 Å². The number of nitrogens with zero attached hydrogens (tertiary/aromatic N) is 2. The Morgan fingerprint density at radius 2 is 1.97 bits per heavy atom. The van der Waals surface area contributed by atoms with E-state index in [1.807, 2.05) is 53.2 Å². The van der Waals surface area contributed by atoms with E-state index in [2.05, 4.69) is 15.7 Å². The summed E-state index contributed by atoms with van der Waals surface area (Å²) in [6.45, 7) is 2.29. The van der Waals surface area contributed by atoms with Gasteiger partial charge >= 0.3 is 0 Å². The normalized spacial score (nSPS) is 14.0. The Bertz CT molecular complexity index is 1010. The first kappa shape index (κ1) is 23.1. The molecule has 31 heavy (non-hydrogen) atoms. The van der Waals surface area contributed by atoms with Crippen molar-refractivity contribution in [3.8, 4) is 11.4 Å². The third-order valence-corrected chi connectivity index (χ3v) is 5.69. The van der Waals surface area contributed by atoms with Gasteiger partial charge in [-0.3, -0.25) is 4.79 Å². The summed E-state index contributed by atoms with van der Waals surface area (Å²) in [7, 11) is 1.63. The lowest BCUT2D eigenvalue weighted by molar-refractivity contribution is 0.0949. The van der Waals surface area contributed by atoms with Crippen LogP contribution in [0.5, 0.6) is 5.75 Å². The molecule has 0 aliphatic carbocycles. The molecule has 0 bridgehead atoms. The van der Waals surface area contributed by atoms with Crippen LogP contribution in [0.4, 0.5) is 0 Å². The molecule has 1 aliphatic rings. The van der Waals surface area contributed by atoms with Gasteiger partial charge in [0.25, 0.3) is 5.91 Å². The number of carbonyl (C=O) groups is 1. The van der Waals surface area contributed by atoms with Crippen LogP contribution in [0.2, 0.25) is 5.02 Å². The second kappa shape index (κ2) is 10.7. The molecule has 1 fully saturated rings. The third kappa shape index (κ3) is 5.39. The minimum atomic E-state index is -0.119. The molecule has 0 saturated carbocycles. The van der Waals surface area contributed by atoms with E-state index in [1.54, 1.807) is 13.3 Å². The molecule has 1 amide bonds. The van der Waals surface area contributed by atoms with Crippen LogP contribution in [0.3, 0.4) is 0 Å². The number of ether oxygens (including phenoxy) is 1. The lowest BCUT2D eigenvalue weighted by Crippen LogP contribution is -2.30. The second-order valence-electron chi connectivity index (χ2n) is 7.39. The molecule has 2 heterocycles. The highest BCUT2D eigenvalue weighted by Crippen LogP contribution is 2.30. The number of carbonyl (C=O) groups excluding carboxylic acids is 1. The SMILES string of the molecule is COc1cccc(CNC(=O)c2cnn(-c3ccc(Cl)cc3)c2C2CCNCC2)c1.Cl. The summed E-state index contributed by atoms with van der Waals surface area (Å²) in [5.74, 6) is 0.918. The Labute approximate surface area is 193 Å². The van der Waals surface area contributed by atoms with Gasteiger partial charge in [0, 0.05) is 17.5 Å². The summed E-state index contributed by atoms with van der Waals surface area (Å²) in [4.78, 5) is 13.1. The number of hydrogen-bond acceptors (Lipinski definition) is 4. The van der Waals surface area contributed by atoms with Gasteiger partial charge in [-0.2, -0.15) is 5.10 Å². The number of rotatable bonds is 6. The zero-order valence-corrected chi connectivity index (χ0v) is 18.9. The fraction of sp³-hybridized carbons (Fsp3) is 0.304. The highest BCUT2D eigenvalue weighted by Gasteiger charge is 2.27. The summed E-state index contributed by atoms with van der Waals surface area (Å²) in [6.07, 6.45) is 3.61. The lowest BCUT2D eigenvalue weighted by atomic mass is 9.91. The van der Waals surface area contributed by atoms with Crippen molar-refractivity contribution in [3.63, 3.8) is 0 Å². The first-order chi connectivity index (χ1) is 14.7. The average molecular weight is 461 g/mol. The zero-order valence-electron chi connectivity index (χ0n) is 17.3. The van der Waals surface area contributed by atoms with Gasteiger partial charge in [0.2, 0.25) is 0 Å². The van der Waals surface area contributed by atoms with Crippen molar-refractivity contribution in [1.29, 1.82) is 0 Å². The minimum absolute atomic E-state index is 0. The summed E-state index contributed by atoms with van der Waals surface area (Å²) in [5.41, 5.74) is 3.47. The first-order valence-corrected chi connectivity index (χ1v) is 10.5. The number of hydrogen-bond donors (Lipinski definition) is 2. The molecule has 3 aromatic rings. The van der Waals surface area contributed by atoms with Gasteiger partial charge in [-0.15, -0.1) is 12.4 Å². The highest BCUT2D eigenvalue weighted by molar-refractivity contribution is 6.30. The molecule has 6 nitrogen and oxygen atoms in total. The van der Waals surface area contributed by atoms with Crippen molar-refractivity contribution in [2.75, 3.05) is 20.2 Å². The Morgan fingerprint density at radius 3 is 2.68 bits per heavy atom. The fourth-order valence-electron chi connectivity index (χ4n) is 3.87. The van der Waals surface area contributed by atoms with E-state index in [0.29, 0.717) is 17.1 Å². The number of piperidine rings is 1. The molecule has 4 rings (SSSR count). The molecule has 1 saturated heterocycles. The smallest absolute Gasteiger partial charge is 0.255 e. The Morgan fingerprint density at radius 1 is 1.23 bits per heavy atom. The van der Waals surface area contributed by atoms with Crippen LogP contribution >= 0.6 is 24.0 Å². The van der Waals surface area contributed by atoms with Gasteiger partial charge in [0.1, 0.15) is 5.75 Å². The zero-order chi connectivity index (χ0) is 20.9. The number of aromatic nitrogens is 2. The number of methoxy groups -OCH3 is 1. The number of halogens is 2. The van der Waals surface area contributed by atoms with Crippen LogP contribution in [0.15, 0.2) is 54.7 Å². The van der Waals surface area contributed by atoms with Crippen molar-refractivity contribution in [2.24, 2.45) is 0 Å². The predicted molar refractivity (Wildman–Crippen MR) is 125 cm³/mol. The number of amides is 1. The Kier molecular flexibility index (Phi) is 7.96. The van der Waals surface area contributed by atoms with Crippen LogP contribution in [-0.4, -0.2) is 35.9 Å². The maximum absolute atomic E-state index is 13.1. The van der Waals surface area contributed by atoms with Crippen molar-refractivity contribution in [3.05, 3.63) is 76.6 Å². The fourth-order valence-corrected chi connectivity index (χ4v) is 4.00. The molecule has 0 unspecified atom stereocenters. The van der Waals surface area contributed by atoms with Crippen LogP contribution in [0.1, 0.15) is 40.4 Å². The molecule has 8 heteroatoms. The third-order valence-electron chi connectivity index (χ3n) is 5.44. The van der Waals surface area contributed by atoms with Crippen molar-refractivity contribution >= 4 is 29.9 Å². The Balaban J connectivity index is 0.00000272. The van der Waals surface area contributed by atoms with Gasteiger partial charge in [0.15, 0.2) is 0 Å². The number of nitrogens with one attached hydrogen (secondary N) is 2. The minimum Gasteiger partial charge on any atom is -0.497 e. The van der Waals surface area contributed by atoms with E-state index in [9.17, 15) is 4.79 Å². The van der Waals surface area contributed by atoms with Crippen LogP contribution in [0, 0.1) is 0 Å². The molecule has 2 aromatic carbocycles. The molecule has 0 spiro atoms. The Hall–Kier alpha value is -2.54. The van der Waals surface area contributed by atoms with Crippen molar-refractivity contribution in [2.45, 2.75) is 25.3 Å². The maximum atomic E-state index is 13.1. The summed E-state index contributed by atoms with van der Waals surface area (Å²) < 4.78 is 7.15. The quantitative estimate of drug-likeness (QED) is 0.573. The first-order valence-electron chi connectivity index (χ1n) is 10.1. The monoisotopic (exact) mass is 460 g/mol. The van der Waals surface area contributed by atoms with Crippen LogP contribution in [0.25, 0.3) is 5.69 Å². The van der Waals surface area contributed by atoms with Gasteiger partial charge in [-0.1, -0.05) is 23.7 Å². The topological polar surface area (TPSA) is 68.2 Å². The van der Waals surface area contributed by atoms with E-state index >= 15 is 0 Å². The summed E-state index contributed by atoms with van der Waals surface area (Å²) in [6, 6.07) is 15.2. The molecule has 2 N–H and O–H groups in total. The van der Waals surface area contributed by atoms with Crippen LogP contribution in [-0.2, 0) is 6.54 Å². The average Bonchev–Trinajstić information content (AvgIpc) is 3.24. The second-order valence-corrected chi connectivity index (χ2v) is 7.83. The largest absolute Gasteiger partial charge is 0.497 e. The van der Waals surface area contributed by atoms with Gasteiger partial charge < -0.3 is 15.4 Å². The van der Waals surface area contributed by atoms with Gasteiger partial charge in [0.05, 0.1) is 30.3 Å². The molecule has 1 aromatic heterocycles. The van der Waals surface area contributed by atoms with E-state index in [-0.39, 0.29) is 24.2 Å². The molecule has 1 aliphatic heterocycles. The maximum Gasteiger partial charge on any atom is 0.255 e. The number of benzene rings is 2. The van der Waals surface area contributed by atoms with Crippen LogP contribution < -0.4 is 15.4 Å². The summed E-state index contributed by atoms with van der Waals surface area (Å²) in [5, 5.41) is 11.7. The van der Waals surface area contributed by atoms with Crippen molar-refractivity contribution in [1.82, 2.24) is 20.4 Å². The highest BCUT2D eigenvalue weighted by atomic mass is 35.5. The van der Waals surface area contributed by atoms with E-state index in [0.717, 1.165) is 48.6 Å². The molecular formula is C23H26Cl2N4O2. The lowest BCUT2D eigenvalue weighted by Gasteiger charge is -2.24. The molecule has 0 atom stereocenters. The molecular weight excluding hydrogens is 435 g/mol. The molecule has 164 valence electrons. The van der Waals surface area contributed by atoms with E-state index in [4.69, 9.17) is 16.3 Å². The van der Waals surface area contributed by atoms with E-state index in [1.165, 1.54) is 0 Å². The summed E-state index contributed by atoms with van der Waals surface area (Å²) >= 11 is 6.05. The molecule has 0 radical (unpaired) electrons. The standard InChI is InChI=1S/C23H25ClN4O2.ClH/c1-30-20-4-2-3-16(13-20)14-26-23(29)21-15-27-28(19-7-5-18(24)6-8-19)22(21)17-9-11-25-12-10-17;/h2-8,13,15,17,25H,9-12,14H2,1H3,(H,26,29);1H. The van der Waals surface area contributed by atoms with Crippen molar-refractivity contribution < 1.29 is 9.53 Å². The van der Waals surface area contributed by atoms with Gasteiger partial charge in [-0.25, -0.2) is 4.68 Å². The van der Waals surface area contributed by atoms with E-state index < -0.39 is 0 Å². The predicted octanol–water partition coefficient (Wildman–Crippen LogP) is 4.35.